The summed E-state index contributed by atoms with van der Waals surface area (Å²) in [6.07, 6.45) is 0.974. The number of hydrogen-bond donors (Lipinski definition) is 1. The lowest BCUT2D eigenvalue weighted by Gasteiger charge is -2.21. The Balaban J connectivity index is 1.43. The van der Waals surface area contributed by atoms with Crippen LogP contribution in [0.15, 0.2) is 29.1 Å². The van der Waals surface area contributed by atoms with Crippen molar-refractivity contribution in [2.24, 2.45) is 0 Å². The first-order valence-electron chi connectivity index (χ1n) is 7.99. The standard InChI is InChI=1S/C16H18N6OS/c23-16(12-2-3-14-15(8-12)19-20-18-14)22-5-1-4-21(6-7-22)9-13-10-24-11-17-13/h2-3,8,10-11H,1,4-7,9H2,(H,18,19,20). The number of H-pyrrole nitrogens is 1. The predicted molar refractivity (Wildman–Crippen MR) is 91.8 cm³/mol. The van der Waals surface area contributed by atoms with Crippen LogP contribution in [0.3, 0.4) is 0 Å². The summed E-state index contributed by atoms with van der Waals surface area (Å²) < 4.78 is 0. The minimum atomic E-state index is 0.0652. The van der Waals surface area contributed by atoms with Crippen LogP contribution in [0.5, 0.6) is 0 Å². The average molecular weight is 342 g/mol. The van der Waals surface area contributed by atoms with E-state index in [1.807, 2.05) is 22.5 Å². The van der Waals surface area contributed by atoms with Gasteiger partial charge in [0.15, 0.2) is 0 Å². The van der Waals surface area contributed by atoms with Crippen molar-refractivity contribution in [2.75, 3.05) is 26.2 Å². The molecule has 0 saturated carbocycles. The number of rotatable bonds is 3. The van der Waals surface area contributed by atoms with Gasteiger partial charge in [0.2, 0.25) is 0 Å². The molecule has 0 spiro atoms. The topological polar surface area (TPSA) is 78.0 Å². The normalized spacial score (nSPS) is 16.4. The zero-order chi connectivity index (χ0) is 16.4. The van der Waals surface area contributed by atoms with Crippen LogP contribution in [0.2, 0.25) is 0 Å². The number of aromatic nitrogens is 4. The van der Waals surface area contributed by atoms with Crippen molar-refractivity contribution in [3.63, 3.8) is 0 Å². The van der Waals surface area contributed by atoms with Gasteiger partial charge in [-0.2, -0.15) is 15.4 Å². The monoisotopic (exact) mass is 342 g/mol. The van der Waals surface area contributed by atoms with E-state index in [2.05, 4.69) is 30.7 Å². The fraction of sp³-hybridized carbons (Fsp3) is 0.375. The van der Waals surface area contributed by atoms with Crippen molar-refractivity contribution in [1.29, 1.82) is 0 Å². The molecule has 1 N–H and O–H groups in total. The maximum atomic E-state index is 12.8. The Morgan fingerprint density at radius 1 is 1.17 bits per heavy atom. The Labute approximate surface area is 143 Å². The molecule has 0 bridgehead atoms. The number of carbonyl (C=O) groups excluding carboxylic acids is 1. The number of amides is 1. The van der Waals surface area contributed by atoms with Crippen LogP contribution in [0.4, 0.5) is 0 Å². The summed E-state index contributed by atoms with van der Waals surface area (Å²) in [6, 6.07) is 5.46. The van der Waals surface area contributed by atoms with E-state index in [9.17, 15) is 4.79 Å². The molecule has 4 rings (SSSR count). The molecular formula is C16H18N6OS. The van der Waals surface area contributed by atoms with E-state index in [0.29, 0.717) is 5.56 Å². The van der Waals surface area contributed by atoms with E-state index in [1.54, 1.807) is 17.4 Å². The van der Waals surface area contributed by atoms with Crippen LogP contribution in [-0.4, -0.2) is 62.3 Å². The first-order valence-corrected chi connectivity index (χ1v) is 8.93. The van der Waals surface area contributed by atoms with Crippen LogP contribution in [0.1, 0.15) is 22.5 Å². The fourth-order valence-corrected chi connectivity index (χ4v) is 3.58. The Morgan fingerprint density at radius 2 is 2.08 bits per heavy atom. The largest absolute Gasteiger partial charge is 0.337 e. The van der Waals surface area contributed by atoms with Crippen LogP contribution in [0, 0.1) is 0 Å². The van der Waals surface area contributed by atoms with Gasteiger partial charge in [-0.1, -0.05) is 0 Å². The predicted octanol–water partition coefficient (Wildman–Crippen LogP) is 1.76. The van der Waals surface area contributed by atoms with Crippen LogP contribution < -0.4 is 0 Å². The minimum absolute atomic E-state index is 0.0652. The smallest absolute Gasteiger partial charge is 0.253 e. The number of nitrogens with one attached hydrogen (secondary N) is 1. The zero-order valence-electron chi connectivity index (χ0n) is 13.2. The summed E-state index contributed by atoms with van der Waals surface area (Å²) in [6.45, 7) is 4.23. The number of nitrogens with zero attached hydrogens (tertiary/aromatic N) is 5. The van der Waals surface area contributed by atoms with E-state index >= 15 is 0 Å². The fourth-order valence-electron chi connectivity index (χ4n) is 3.03. The zero-order valence-corrected chi connectivity index (χ0v) is 14.0. The Hall–Kier alpha value is -2.32. The van der Waals surface area contributed by atoms with Gasteiger partial charge < -0.3 is 4.90 Å². The average Bonchev–Trinajstić information content (AvgIpc) is 3.22. The molecule has 0 unspecified atom stereocenters. The second kappa shape index (κ2) is 6.66. The molecule has 24 heavy (non-hydrogen) atoms. The molecule has 1 aliphatic heterocycles. The molecule has 1 amide bonds. The molecule has 0 atom stereocenters. The van der Waals surface area contributed by atoms with Crippen molar-refractivity contribution in [2.45, 2.75) is 13.0 Å². The van der Waals surface area contributed by atoms with Crippen LogP contribution >= 0.6 is 11.3 Å². The summed E-state index contributed by atoms with van der Waals surface area (Å²) in [4.78, 5) is 21.4. The highest BCUT2D eigenvalue weighted by Crippen LogP contribution is 2.15. The molecule has 2 aromatic heterocycles. The molecule has 0 radical (unpaired) electrons. The highest BCUT2D eigenvalue weighted by atomic mass is 32.1. The number of thiazole rings is 1. The number of benzene rings is 1. The van der Waals surface area contributed by atoms with Crippen molar-refractivity contribution < 1.29 is 4.79 Å². The van der Waals surface area contributed by atoms with Crippen molar-refractivity contribution in [3.8, 4) is 0 Å². The number of aromatic amines is 1. The summed E-state index contributed by atoms with van der Waals surface area (Å²) in [5.74, 6) is 0.0652. The minimum Gasteiger partial charge on any atom is -0.337 e. The summed E-state index contributed by atoms with van der Waals surface area (Å²) in [5.41, 5.74) is 5.14. The molecule has 3 aromatic rings. The first kappa shape index (κ1) is 15.2. The van der Waals surface area contributed by atoms with Gasteiger partial charge in [0, 0.05) is 43.7 Å². The highest BCUT2D eigenvalue weighted by Gasteiger charge is 2.21. The SMILES string of the molecule is O=C(c1ccc2n[nH]nc2c1)N1CCCN(Cc2cscn2)CC1. The summed E-state index contributed by atoms with van der Waals surface area (Å²) in [7, 11) is 0. The van der Waals surface area contributed by atoms with Gasteiger partial charge in [-0.3, -0.25) is 9.69 Å². The third kappa shape index (κ3) is 3.15. The Bertz CT molecular complexity index is 830. The van der Waals surface area contributed by atoms with E-state index in [0.717, 1.165) is 55.9 Å². The maximum Gasteiger partial charge on any atom is 0.253 e. The van der Waals surface area contributed by atoms with Crippen molar-refractivity contribution in [3.05, 3.63) is 40.3 Å². The highest BCUT2D eigenvalue weighted by molar-refractivity contribution is 7.07. The van der Waals surface area contributed by atoms with Gasteiger partial charge in [0.1, 0.15) is 11.0 Å². The second-order valence-electron chi connectivity index (χ2n) is 5.93. The molecule has 8 heteroatoms. The second-order valence-corrected chi connectivity index (χ2v) is 6.65. The third-order valence-corrected chi connectivity index (χ3v) is 4.94. The van der Waals surface area contributed by atoms with E-state index in [4.69, 9.17) is 0 Å². The quantitative estimate of drug-likeness (QED) is 0.785. The first-order chi connectivity index (χ1) is 11.8. The molecular weight excluding hydrogens is 324 g/mol. The van der Waals surface area contributed by atoms with Gasteiger partial charge >= 0.3 is 0 Å². The molecule has 3 heterocycles. The van der Waals surface area contributed by atoms with E-state index in [1.165, 1.54) is 0 Å². The van der Waals surface area contributed by atoms with Crippen LogP contribution in [-0.2, 0) is 6.54 Å². The van der Waals surface area contributed by atoms with Crippen molar-refractivity contribution >= 4 is 28.3 Å². The lowest BCUT2D eigenvalue weighted by atomic mass is 10.1. The lowest BCUT2D eigenvalue weighted by Crippen LogP contribution is -2.35. The molecule has 1 aromatic carbocycles. The van der Waals surface area contributed by atoms with Gasteiger partial charge in [-0.15, -0.1) is 11.3 Å². The Kier molecular flexibility index (Phi) is 4.22. The van der Waals surface area contributed by atoms with Gasteiger partial charge in [0.05, 0.1) is 11.2 Å². The van der Waals surface area contributed by atoms with E-state index < -0.39 is 0 Å². The van der Waals surface area contributed by atoms with Crippen LogP contribution in [0.25, 0.3) is 11.0 Å². The van der Waals surface area contributed by atoms with Gasteiger partial charge in [0.25, 0.3) is 5.91 Å². The number of fused-ring (bicyclic) bond motifs is 1. The molecule has 7 nitrogen and oxygen atoms in total. The van der Waals surface area contributed by atoms with E-state index in [-0.39, 0.29) is 5.91 Å². The lowest BCUT2D eigenvalue weighted by molar-refractivity contribution is 0.0761. The third-order valence-electron chi connectivity index (χ3n) is 4.31. The summed E-state index contributed by atoms with van der Waals surface area (Å²) in [5, 5.41) is 12.7. The Morgan fingerprint density at radius 3 is 2.96 bits per heavy atom. The molecule has 1 saturated heterocycles. The van der Waals surface area contributed by atoms with Gasteiger partial charge in [-0.05, 0) is 24.6 Å². The maximum absolute atomic E-state index is 12.8. The van der Waals surface area contributed by atoms with Gasteiger partial charge in [-0.25, -0.2) is 4.98 Å². The molecule has 1 aliphatic rings. The summed E-state index contributed by atoms with van der Waals surface area (Å²) >= 11 is 1.62. The molecule has 1 fully saturated rings. The van der Waals surface area contributed by atoms with Crippen molar-refractivity contribution in [1.82, 2.24) is 30.2 Å². The number of hydrogen-bond acceptors (Lipinski definition) is 6. The molecule has 0 aliphatic carbocycles. The molecule has 124 valence electrons. The number of carbonyl (C=O) groups is 1.